The van der Waals surface area contributed by atoms with E-state index in [0.29, 0.717) is 5.56 Å². The van der Waals surface area contributed by atoms with E-state index in [0.717, 1.165) is 17.8 Å². The van der Waals surface area contributed by atoms with Crippen LogP contribution in [0.15, 0.2) is 30.5 Å². The summed E-state index contributed by atoms with van der Waals surface area (Å²) in [5.74, 6) is -5.84. The maximum atomic E-state index is 12.7. The number of benzene rings is 1. The van der Waals surface area contributed by atoms with Crippen LogP contribution in [0.2, 0.25) is 0 Å². The number of hydrogen-bond donors (Lipinski definition) is 9. The molecule has 0 radical (unpaired) electrons. The predicted octanol–water partition coefficient (Wildman–Crippen LogP) is -2.58. The molecule has 0 saturated carbocycles. The standard InChI is InChI=1S/C22H29N5O9/c1-10(29)18(27-19(32)13(23)7-17(30)31)21(34)26-16(9-28)20(33)25-15(22(35)36)6-11-8-24-14-5-3-2-4-12(11)14/h2-5,8,10,13,15-16,18,24,28-29H,6-7,9,23H2,1H3,(H,25,33)(H,26,34)(H,27,32)(H,30,31)(H,35,36). The number of carboxylic acid groups (broad SMARTS) is 2. The van der Waals surface area contributed by atoms with Gasteiger partial charge in [0.05, 0.1) is 25.2 Å². The zero-order valence-electron chi connectivity index (χ0n) is 19.3. The number of carbonyl (C=O) groups is 5. The van der Waals surface area contributed by atoms with Gasteiger partial charge in [0.1, 0.15) is 18.1 Å². The second-order valence-corrected chi connectivity index (χ2v) is 8.14. The van der Waals surface area contributed by atoms with E-state index in [2.05, 4.69) is 20.9 Å². The fraction of sp³-hybridized carbons (Fsp3) is 0.409. The van der Waals surface area contributed by atoms with Crippen LogP contribution in [0.1, 0.15) is 18.9 Å². The summed E-state index contributed by atoms with van der Waals surface area (Å²) in [6.45, 7) is 0.235. The van der Waals surface area contributed by atoms with Crippen molar-refractivity contribution in [2.45, 2.75) is 50.0 Å². The molecule has 1 heterocycles. The van der Waals surface area contributed by atoms with Crippen molar-refractivity contribution in [3.63, 3.8) is 0 Å². The van der Waals surface area contributed by atoms with Gasteiger partial charge >= 0.3 is 11.9 Å². The van der Waals surface area contributed by atoms with Gasteiger partial charge in [-0.05, 0) is 18.6 Å². The van der Waals surface area contributed by atoms with Crippen LogP contribution in [-0.4, -0.2) is 91.9 Å². The molecule has 5 unspecified atom stereocenters. The largest absolute Gasteiger partial charge is 0.481 e. The number of aliphatic hydroxyl groups is 2. The molecule has 0 saturated heterocycles. The van der Waals surface area contributed by atoms with Crippen molar-refractivity contribution in [2.24, 2.45) is 5.73 Å². The van der Waals surface area contributed by atoms with Gasteiger partial charge in [-0.1, -0.05) is 18.2 Å². The number of aromatic nitrogens is 1. The average Bonchev–Trinajstić information content (AvgIpc) is 3.22. The molecule has 2 rings (SSSR count). The Morgan fingerprint density at radius 2 is 1.61 bits per heavy atom. The molecule has 2 aromatic rings. The van der Waals surface area contributed by atoms with E-state index in [1.165, 1.54) is 0 Å². The monoisotopic (exact) mass is 507 g/mol. The fourth-order valence-corrected chi connectivity index (χ4v) is 3.39. The van der Waals surface area contributed by atoms with Gasteiger partial charge in [0, 0.05) is 23.5 Å². The lowest BCUT2D eigenvalue weighted by Crippen LogP contribution is -2.60. The molecule has 0 bridgehead atoms. The highest BCUT2D eigenvalue weighted by atomic mass is 16.4. The first-order chi connectivity index (χ1) is 16.9. The van der Waals surface area contributed by atoms with Crippen molar-refractivity contribution in [3.05, 3.63) is 36.0 Å². The summed E-state index contributed by atoms with van der Waals surface area (Å²) in [5.41, 5.74) is 6.85. The second-order valence-electron chi connectivity index (χ2n) is 8.14. The van der Waals surface area contributed by atoms with Crippen molar-refractivity contribution in [2.75, 3.05) is 6.61 Å². The number of carbonyl (C=O) groups excluding carboxylic acids is 3. The number of nitrogens with two attached hydrogens (primary N) is 1. The number of aromatic amines is 1. The minimum Gasteiger partial charge on any atom is -0.481 e. The quantitative estimate of drug-likeness (QED) is 0.137. The number of para-hydroxylation sites is 1. The molecule has 0 spiro atoms. The predicted molar refractivity (Wildman–Crippen MR) is 124 cm³/mol. The summed E-state index contributed by atoms with van der Waals surface area (Å²) >= 11 is 0. The molecule has 3 amide bonds. The lowest BCUT2D eigenvalue weighted by atomic mass is 10.0. The van der Waals surface area contributed by atoms with Crippen LogP contribution < -0.4 is 21.7 Å². The van der Waals surface area contributed by atoms with Crippen molar-refractivity contribution in [1.82, 2.24) is 20.9 Å². The van der Waals surface area contributed by atoms with Gasteiger partial charge in [0.15, 0.2) is 0 Å². The molecule has 0 aliphatic heterocycles. The summed E-state index contributed by atoms with van der Waals surface area (Å²) in [7, 11) is 0. The van der Waals surface area contributed by atoms with E-state index in [1.807, 2.05) is 0 Å². The molecule has 0 aliphatic rings. The van der Waals surface area contributed by atoms with E-state index in [9.17, 15) is 39.3 Å². The number of nitrogens with one attached hydrogen (secondary N) is 4. The molecule has 14 nitrogen and oxygen atoms in total. The van der Waals surface area contributed by atoms with Crippen LogP contribution in [0.4, 0.5) is 0 Å². The Morgan fingerprint density at radius 1 is 0.972 bits per heavy atom. The highest BCUT2D eigenvalue weighted by Gasteiger charge is 2.32. The van der Waals surface area contributed by atoms with Crippen molar-refractivity contribution in [1.29, 1.82) is 0 Å². The van der Waals surface area contributed by atoms with Gasteiger partial charge in [0.2, 0.25) is 17.7 Å². The lowest BCUT2D eigenvalue weighted by Gasteiger charge is -2.25. The number of amides is 3. The summed E-state index contributed by atoms with van der Waals surface area (Å²) in [5, 5.41) is 45.1. The first-order valence-corrected chi connectivity index (χ1v) is 10.9. The molecular formula is C22H29N5O9. The zero-order valence-corrected chi connectivity index (χ0v) is 19.3. The van der Waals surface area contributed by atoms with E-state index < -0.39 is 73.0 Å². The summed E-state index contributed by atoms with van der Waals surface area (Å²) in [6, 6.07) is 1.00. The molecule has 36 heavy (non-hydrogen) atoms. The Hall–Kier alpha value is -4.01. The number of rotatable bonds is 13. The Morgan fingerprint density at radius 3 is 2.19 bits per heavy atom. The van der Waals surface area contributed by atoms with Crippen LogP contribution in [-0.2, 0) is 30.4 Å². The maximum absolute atomic E-state index is 12.7. The first kappa shape index (κ1) is 28.2. The summed E-state index contributed by atoms with van der Waals surface area (Å²) < 4.78 is 0. The molecule has 1 aromatic heterocycles. The van der Waals surface area contributed by atoms with Gasteiger partial charge in [0.25, 0.3) is 0 Å². The van der Waals surface area contributed by atoms with Gasteiger partial charge in [-0.2, -0.15) is 0 Å². The minimum atomic E-state index is -1.64. The topological polar surface area (TPSA) is 244 Å². The number of H-pyrrole nitrogens is 1. The van der Waals surface area contributed by atoms with Crippen molar-refractivity contribution < 1.29 is 44.4 Å². The molecule has 14 heteroatoms. The number of aliphatic hydroxyl groups excluding tert-OH is 2. The summed E-state index contributed by atoms with van der Waals surface area (Å²) in [4.78, 5) is 62.8. The Kier molecular flexibility index (Phi) is 9.90. The average molecular weight is 508 g/mol. The van der Waals surface area contributed by atoms with Gasteiger partial charge < -0.3 is 47.1 Å². The van der Waals surface area contributed by atoms with Crippen molar-refractivity contribution >= 4 is 40.6 Å². The maximum Gasteiger partial charge on any atom is 0.326 e. The number of hydrogen-bond acceptors (Lipinski definition) is 8. The normalized spacial score (nSPS) is 15.2. The van der Waals surface area contributed by atoms with E-state index in [-0.39, 0.29) is 6.42 Å². The first-order valence-electron chi connectivity index (χ1n) is 10.9. The van der Waals surface area contributed by atoms with Crippen molar-refractivity contribution in [3.8, 4) is 0 Å². The lowest BCUT2D eigenvalue weighted by molar-refractivity contribution is -0.142. The molecule has 0 fully saturated rings. The van der Waals surface area contributed by atoms with Gasteiger partial charge in [-0.25, -0.2) is 4.79 Å². The highest BCUT2D eigenvalue weighted by molar-refractivity contribution is 5.95. The number of aliphatic carboxylic acids is 2. The van der Waals surface area contributed by atoms with Crippen LogP contribution in [0.3, 0.4) is 0 Å². The van der Waals surface area contributed by atoms with Gasteiger partial charge in [-0.3, -0.25) is 19.2 Å². The number of fused-ring (bicyclic) bond motifs is 1. The molecule has 10 N–H and O–H groups in total. The smallest absolute Gasteiger partial charge is 0.326 e. The Bertz CT molecular complexity index is 1120. The van der Waals surface area contributed by atoms with E-state index in [4.69, 9.17) is 10.8 Å². The zero-order chi connectivity index (χ0) is 27.0. The van der Waals surface area contributed by atoms with E-state index >= 15 is 0 Å². The third-order valence-corrected chi connectivity index (χ3v) is 5.32. The second kappa shape index (κ2) is 12.6. The van der Waals surface area contributed by atoms with Crippen LogP contribution >= 0.6 is 0 Å². The van der Waals surface area contributed by atoms with Crippen LogP contribution in [0, 0.1) is 0 Å². The third kappa shape index (κ3) is 7.49. The SMILES string of the molecule is CC(O)C(NC(=O)C(N)CC(=O)O)C(=O)NC(CO)C(=O)NC(Cc1c[nH]c2ccccc12)C(=O)O. The van der Waals surface area contributed by atoms with E-state index in [1.54, 1.807) is 30.5 Å². The number of carboxylic acids is 2. The third-order valence-electron chi connectivity index (χ3n) is 5.32. The van der Waals surface area contributed by atoms with Crippen LogP contribution in [0.25, 0.3) is 10.9 Å². The minimum absolute atomic E-state index is 0.0923. The van der Waals surface area contributed by atoms with Gasteiger partial charge in [-0.15, -0.1) is 0 Å². The fourth-order valence-electron chi connectivity index (χ4n) is 3.39. The highest BCUT2D eigenvalue weighted by Crippen LogP contribution is 2.19. The molecule has 0 aliphatic carbocycles. The van der Waals surface area contributed by atoms with Crippen LogP contribution in [0.5, 0.6) is 0 Å². The molecule has 1 aromatic carbocycles. The Labute approximate surface area is 204 Å². The summed E-state index contributed by atoms with van der Waals surface area (Å²) in [6.07, 6.45) is -0.690. The molecule has 5 atom stereocenters. The molecular weight excluding hydrogens is 478 g/mol. The Balaban J connectivity index is 2.08. The molecule has 196 valence electrons.